The highest BCUT2D eigenvalue weighted by molar-refractivity contribution is 7.21. The monoisotopic (exact) mass is 603 g/mol. The van der Waals surface area contributed by atoms with Gasteiger partial charge in [-0.05, 0) is 43.7 Å². The first-order chi connectivity index (χ1) is 19.5. The zero-order chi connectivity index (χ0) is 29.5. The Morgan fingerprint density at radius 2 is 1.95 bits per heavy atom. The van der Waals surface area contributed by atoms with Crippen molar-refractivity contribution in [1.29, 1.82) is 0 Å². The lowest BCUT2D eigenvalue weighted by Crippen LogP contribution is -2.21. The van der Waals surface area contributed by atoms with E-state index in [-0.39, 0.29) is 38.8 Å². The van der Waals surface area contributed by atoms with Crippen LogP contribution in [-0.2, 0) is 19.5 Å². The van der Waals surface area contributed by atoms with Gasteiger partial charge in [-0.15, -0.1) is 11.3 Å². The topological polar surface area (TPSA) is 130 Å². The molecule has 3 N–H and O–H groups in total. The van der Waals surface area contributed by atoms with E-state index in [0.717, 1.165) is 6.07 Å². The summed E-state index contributed by atoms with van der Waals surface area (Å²) in [5, 5.41) is 11.6. The molecule has 5 aromatic rings. The molecule has 0 aliphatic carbocycles. The largest absolute Gasteiger partial charge is 0.470 e. The highest BCUT2D eigenvalue weighted by atomic mass is 35.5. The number of nitrogens with one attached hydrogen (secondary N) is 1. The van der Waals surface area contributed by atoms with Gasteiger partial charge in [-0.3, -0.25) is 14.3 Å². The minimum atomic E-state index is -4.77. The van der Waals surface area contributed by atoms with Crippen LogP contribution in [0.2, 0.25) is 5.02 Å². The number of carbonyl (C=O) groups excluding carboxylic acids is 2. The third kappa shape index (κ3) is 5.47. The van der Waals surface area contributed by atoms with Crippen LogP contribution in [-0.4, -0.2) is 36.4 Å². The van der Waals surface area contributed by atoms with Crippen LogP contribution >= 0.6 is 22.9 Å². The highest BCUT2D eigenvalue weighted by Crippen LogP contribution is 2.44. The number of carbonyl (C=O) groups is 2. The number of aromatic nitrogens is 5. The van der Waals surface area contributed by atoms with E-state index in [4.69, 9.17) is 22.1 Å². The Balaban J connectivity index is 1.60. The average Bonchev–Trinajstić information content (AvgIpc) is 3.64. The summed E-state index contributed by atoms with van der Waals surface area (Å²) in [5.41, 5.74) is 5.34. The second-order valence-electron chi connectivity index (χ2n) is 8.76. The van der Waals surface area contributed by atoms with E-state index >= 15 is 0 Å². The van der Waals surface area contributed by atoms with Crippen molar-refractivity contribution in [3.63, 3.8) is 0 Å². The van der Waals surface area contributed by atoms with Gasteiger partial charge in [-0.25, -0.2) is 9.67 Å². The summed E-state index contributed by atoms with van der Waals surface area (Å²) < 4.78 is 50.0. The van der Waals surface area contributed by atoms with Crippen molar-refractivity contribution in [2.75, 3.05) is 5.32 Å². The van der Waals surface area contributed by atoms with Gasteiger partial charge in [-0.2, -0.15) is 23.4 Å². The molecule has 0 atom stereocenters. The molecule has 4 heterocycles. The maximum absolute atomic E-state index is 13.8. The van der Waals surface area contributed by atoms with Crippen LogP contribution in [0.4, 0.5) is 18.9 Å². The molecule has 0 aliphatic heterocycles. The molecule has 0 spiro atoms. The summed E-state index contributed by atoms with van der Waals surface area (Å²) >= 11 is 6.78. The van der Waals surface area contributed by atoms with E-state index in [1.54, 1.807) is 42.1 Å². The number of thiophene rings is 1. The van der Waals surface area contributed by atoms with Crippen molar-refractivity contribution in [1.82, 2.24) is 24.5 Å². The van der Waals surface area contributed by atoms with E-state index in [2.05, 4.69) is 20.5 Å². The van der Waals surface area contributed by atoms with E-state index in [0.29, 0.717) is 39.9 Å². The molecule has 5 rings (SSSR count). The Morgan fingerprint density at radius 1 is 1.20 bits per heavy atom. The Morgan fingerprint density at radius 3 is 2.61 bits per heavy atom. The summed E-state index contributed by atoms with van der Waals surface area (Å²) in [6.45, 7) is 3.78. The number of para-hydroxylation sites is 1. The van der Waals surface area contributed by atoms with Crippen molar-refractivity contribution in [3.05, 3.63) is 75.8 Å². The Labute approximate surface area is 239 Å². The summed E-state index contributed by atoms with van der Waals surface area (Å²) in [7, 11) is 0. The molecule has 212 valence electrons. The molecule has 1 aromatic carbocycles. The maximum Gasteiger partial charge on any atom is 0.433 e. The van der Waals surface area contributed by atoms with Crippen LogP contribution in [0.1, 0.15) is 38.5 Å². The fourth-order valence-corrected chi connectivity index (χ4v) is 5.39. The van der Waals surface area contributed by atoms with Gasteiger partial charge in [0.2, 0.25) is 0 Å². The third-order valence-corrected chi connectivity index (χ3v) is 7.51. The predicted molar refractivity (Wildman–Crippen MR) is 147 cm³/mol. The third-order valence-electron chi connectivity index (χ3n) is 6.10. The van der Waals surface area contributed by atoms with Crippen LogP contribution in [0.3, 0.4) is 0 Å². The van der Waals surface area contributed by atoms with Crippen molar-refractivity contribution >= 4 is 50.7 Å². The first-order valence-electron chi connectivity index (χ1n) is 12.1. The SMILES string of the molecule is CCn1cc(-c2cc(C(F)(F)F)nc3sc(C(N)=O)c(NC(=O)c4ccnn4COc4ccccc4Cl)c23)c(C)n1. The van der Waals surface area contributed by atoms with Crippen LogP contribution in [0.25, 0.3) is 21.3 Å². The number of anilines is 1. The van der Waals surface area contributed by atoms with Crippen LogP contribution in [0.5, 0.6) is 5.75 Å². The number of fused-ring (bicyclic) bond motifs is 1. The number of primary amides is 1. The van der Waals surface area contributed by atoms with Gasteiger partial charge in [-0.1, -0.05) is 23.7 Å². The van der Waals surface area contributed by atoms with Crippen LogP contribution in [0.15, 0.2) is 48.8 Å². The molecule has 0 fully saturated rings. The van der Waals surface area contributed by atoms with Gasteiger partial charge >= 0.3 is 6.18 Å². The molecule has 15 heteroatoms. The lowest BCUT2D eigenvalue weighted by atomic mass is 10.0. The predicted octanol–water partition coefficient (Wildman–Crippen LogP) is 5.74. The van der Waals surface area contributed by atoms with Crippen LogP contribution < -0.4 is 15.8 Å². The van der Waals surface area contributed by atoms with Gasteiger partial charge in [0.25, 0.3) is 11.8 Å². The zero-order valence-corrected chi connectivity index (χ0v) is 23.1. The number of ether oxygens (including phenoxy) is 1. The van der Waals surface area contributed by atoms with E-state index in [1.807, 2.05) is 6.92 Å². The number of hydrogen-bond donors (Lipinski definition) is 2. The Kier molecular flexibility index (Phi) is 7.44. The van der Waals surface area contributed by atoms with Gasteiger partial charge in [0.05, 0.1) is 16.4 Å². The summed E-state index contributed by atoms with van der Waals surface area (Å²) in [5.74, 6) is -1.28. The molecular formula is C26H21ClF3N7O3S. The number of rotatable bonds is 8. The van der Waals surface area contributed by atoms with Crippen molar-refractivity contribution in [2.24, 2.45) is 5.73 Å². The van der Waals surface area contributed by atoms with E-state index < -0.39 is 23.7 Å². The minimum absolute atomic E-state index is 0.0447. The molecule has 0 bridgehead atoms. The van der Waals surface area contributed by atoms with Gasteiger partial charge in [0, 0.05) is 29.9 Å². The lowest BCUT2D eigenvalue weighted by molar-refractivity contribution is -0.140. The van der Waals surface area contributed by atoms with Gasteiger partial charge in [0.15, 0.2) is 6.73 Å². The molecule has 4 aromatic heterocycles. The first kappa shape index (κ1) is 28.1. The smallest absolute Gasteiger partial charge is 0.433 e. The molecular weight excluding hydrogens is 583 g/mol. The maximum atomic E-state index is 13.8. The van der Waals surface area contributed by atoms with E-state index in [9.17, 15) is 22.8 Å². The standard InChI is InChI=1S/C26H21ClF3N7O3S/c1-3-36-11-15(13(2)35-36)14-10-19(26(28,29)30)33-25-20(14)21(22(41-25)23(31)38)34-24(39)17-8-9-32-37(17)12-40-18-7-5-4-6-16(18)27/h4-11H,3,12H2,1-2H3,(H2,31,38)(H,34,39). The number of nitrogens with zero attached hydrogens (tertiary/aromatic N) is 5. The van der Waals surface area contributed by atoms with Gasteiger partial charge in [0.1, 0.15) is 26.8 Å². The second kappa shape index (κ2) is 10.9. The van der Waals surface area contributed by atoms with Crippen molar-refractivity contribution < 1.29 is 27.5 Å². The lowest BCUT2D eigenvalue weighted by Gasteiger charge is -2.13. The summed E-state index contributed by atoms with van der Waals surface area (Å²) in [6, 6.07) is 9.05. The number of amides is 2. The number of benzene rings is 1. The Hall–Kier alpha value is -4.43. The summed E-state index contributed by atoms with van der Waals surface area (Å²) in [6.07, 6.45) is -1.80. The van der Waals surface area contributed by atoms with Gasteiger partial charge < -0.3 is 15.8 Å². The van der Waals surface area contributed by atoms with Crippen molar-refractivity contribution in [2.45, 2.75) is 33.3 Å². The molecule has 0 saturated carbocycles. The number of hydrogen-bond acceptors (Lipinski definition) is 7. The summed E-state index contributed by atoms with van der Waals surface area (Å²) in [4.78, 5) is 29.4. The average molecular weight is 604 g/mol. The molecule has 0 saturated heterocycles. The molecule has 0 aliphatic rings. The first-order valence-corrected chi connectivity index (χ1v) is 13.3. The Bertz CT molecular complexity index is 1790. The minimum Gasteiger partial charge on any atom is -0.470 e. The molecule has 0 unspecified atom stereocenters. The second-order valence-corrected chi connectivity index (χ2v) is 10.2. The molecule has 41 heavy (non-hydrogen) atoms. The number of nitrogens with two attached hydrogens (primary N) is 1. The quantitative estimate of drug-likeness (QED) is 0.232. The van der Waals surface area contributed by atoms with Crippen molar-refractivity contribution in [3.8, 4) is 16.9 Å². The normalized spacial score (nSPS) is 11.7. The number of aryl methyl sites for hydroxylation is 2. The zero-order valence-electron chi connectivity index (χ0n) is 21.5. The number of halogens is 4. The fourth-order valence-electron chi connectivity index (χ4n) is 4.19. The fraction of sp³-hybridized carbons (Fsp3) is 0.192. The van der Waals surface area contributed by atoms with E-state index in [1.165, 1.54) is 16.9 Å². The molecule has 2 amide bonds. The molecule has 10 nitrogen and oxygen atoms in total. The number of alkyl halides is 3. The molecule has 0 radical (unpaired) electrons. The number of pyridine rings is 1. The highest BCUT2D eigenvalue weighted by Gasteiger charge is 2.35. The van der Waals surface area contributed by atoms with Crippen LogP contribution in [0, 0.1) is 6.92 Å².